The van der Waals surface area contributed by atoms with Crippen LogP contribution in [0.5, 0.6) is 0 Å². The zero-order valence-electron chi connectivity index (χ0n) is 6.48. The van der Waals surface area contributed by atoms with Gasteiger partial charge in [0, 0.05) is 15.3 Å². The Balaban J connectivity index is 0.000000252. The third kappa shape index (κ3) is 11.4. The molecule has 1 unspecified atom stereocenters. The van der Waals surface area contributed by atoms with E-state index in [1.54, 1.807) is 15.3 Å². The van der Waals surface area contributed by atoms with Crippen LogP contribution in [0.15, 0.2) is 24.3 Å². The smallest absolute Gasteiger partial charge is 0.418 e. The molecule has 0 N–H and O–H groups in total. The van der Waals surface area contributed by atoms with Gasteiger partial charge >= 0.3 is 7.25 Å². The first-order chi connectivity index (χ1) is 5.79. The van der Waals surface area contributed by atoms with Gasteiger partial charge in [0.05, 0.1) is 5.30 Å². The molecule has 1 rings (SSSR count). The number of rotatable bonds is 0. The van der Waals surface area contributed by atoms with Crippen LogP contribution in [-0.4, -0.2) is 7.25 Å². The van der Waals surface area contributed by atoms with Crippen molar-refractivity contribution >= 4 is 21.8 Å². The summed E-state index contributed by atoms with van der Waals surface area (Å²) in [6.07, 6.45) is 0. The molecule has 74 valence electrons. The molecule has 0 amide bonds. The lowest BCUT2D eigenvalue weighted by Crippen LogP contribution is -2.02. The first kappa shape index (κ1) is 12.4. The first-order valence-electron chi connectivity index (χ1n) is 3.24. The fourth-order valence-corrected chi connectivity index (χ4v) is 0.868. The Morgan fingerprint density at radius 1 is 1.08 bits per heavy atom. The molecule has 0 spiro atoms. The van der Waals surface area contributed by atoms with Gasteiger partial charge in [-0.05, 0) is 12.1 Å². The van der Waals surface area contributed by atoms with Crippen molar-refractivity contribution in [3.05, 3.63) is 30.1 Å². The quantitative estimate of drug-likeness (QED) is 0.354. The van der Waals surface area contributed by atoms with Gasteiger partial charge in [-0.15, -0.1) is 0 Å². The second-order valence-corrected chi connectivity index (χ2v) is 2.94. The van der Waals surface area contributed by atoms with E-state index in [-0.39, 0.29) is 5.82 Å². The Morgan fingerprint density at radius 3 is 1.77 bits per heavy atom. The van der Waals surface area contributed by atoms with Gasteiger partial charge in [0.1, 0.15) is 5.82 Å². The minimum atomic E-state index is -6.00. The van der Waals surface area contributed by atoms with Gasteiger partial charge in [-0.1, -0.05) is 6.07 Å². The highest BCUT2D eigenvalue weighted by Crippen LogP contribution is 2.06. The molecule has 13 heavy (non-hydrogen) atoms. The van der Waals surface area contributed by atoms with Crippen LogP contribution in [0, 0.1) is 5.82 Å². The van der Waals surface area contributed by atoms with Crippen LogP contribution in [0.2, 0.25) is 0 Å². The Hall–Kier alpha value is -0.635. The van der Waals surface area contributed by atoms with Crippen molar-refractivity contribution in [2.24, 2.45) is 0 Å². The van der Waals surface area contributed by atoms with Crippen molar-refractivity contribution in [1.82, 2.24) is 0 Å². The molecule has 0 radical (unpaired) electrons. The predicted molar refractivity (Wildman–Crippen MR) is 47.3 cm³/mol. The minimum absolute atomic E-state index is 0.155. The number of hydrogen-bond acceptors (Lipinski definition) is 0. The SMILES string of the molecule is F[B-](F)(F)F.Fc1cccc([PH3+])c1. The zero-order valence-corrected chi connectivity index (χ0v) is 7.90. The fourth-order valence-electron chi connectivity index (χ4n) is 0.537. The van der Waals surface area contributed by atoms with E-state index in [4.69, 9.17) is 0 Å². The van der Waals surface area contributed by atoms with E-state index in [9.17, 15) is 21.7 Å². The molecule has 0 aliphatic carbocycles. The molecule has 1 aromatic carbocycles. The molecule has 1 atom stereocenters. The lowest BCUT2D eigenvalue weighted by molar-refractivity contribution is 0.368. The molecular weight excluding hydrogens is 209 g/mol. The largest absolute Gasteiger partial charge is 0.673 e. The van der Waals surface area contributed by atoms with Crippen molar-refractivity contribution in [2.75, 3.05) is 0 Å². The summed E-state index contributed by atoms with van der Waals surface area (Å²) in [6.45, 7) is 0. The Bertz CT molecular complexity index is 238. The van der Waals surface area contributed by atoms with Gasteiger partial charge < -0.3 is 17.3 Å². The van der Waals surface area contributed by atoms with Gasteiger partial charge in [0.2, 0.25) is 0 Å². The Morgan fingerprint density at radius 2 is 1.54 bits per heavy atom. The minimum Gasteiger partial charge on any atom is -0.418 e. The van der Waals surface area contributed by atoms with Gasteiger partial charge in [-0.25, -0.2) is 4.39 Å². The fraction of sp³-hybridized carbons (Fsp3) is 0. The van der Waals surface area contributed by atoms with Gasteiger partial charge in [-0.2, -0.15) is 0 Å². The van der Waals surface area contributed by atoms with Crippen molar-refractivity contribution in [3.8, 4) is 0 Å². The average Bonchev–Trinajstić information content (AvgIpc) is 1.81. The van der Waals surface area contributed by atoms with Gasteiger partial charge in [0.15, 0.2) is 0 Å². The molecule has 0 fully saturated rings. The highest BCUT2D eigenvalue weighted by atomic mass is 31.0. The number of halogens is 5. The molecule has 0 nitrogen and oxygen atoms in total. The van der Waals surface area contributed by atoms with E-state index >= 15 is 0 Å². The summed E-state index contributed by atoms with van der Waals surface area (Å²) >= 11 is 0. The predicted octanol–water partition coefficient (Wildman–Crippen LogP) is 2.36. The number of hydrogen-bond donors (Lipinski definition) is 0. The van der Waals surface area contributed by atoms with E-state index < -0.39 is 7.25 Å². The van der Waals surface area contributed by atoms with Gasteiger partial charge in [0.25, 0.3) is 0 Å². The summed E-state index contributed by atoms with van der Waals surface area (Å²) < 4.78 is 51.2. The zero-order chi connectivity index (χ0) is 10.5. The molecule has 0 heterocycles. The molecule has 0 bridgehead atoms. The highest BCUT2D eigenvalue weighted by Gasteiger charge is 2.20. The Labute approximate surface area is 74.5 Å². The van der Waals surface area contributed by atoms with E-state index in [0.717, 1.165) is 5.30 Å². The van der Waals surface area contributed by atoms with E-state index in [1.807, 2.05) is 6.07 Å². The van der Waals surface area contributed by atoms with Crippen LogP contribution in [0.1, 0.15) is 0 Å². The second-order valence-electron chi connectivity index (χ2n) is 2.12. The monoisotopic (exact) mass is 216 g/mol. The van der Waals surface area contributed by atoms with E-state index in [0.29, 0.717) is 0 Å². The first-order valence-corrected chi connectivity index (χ1v) is 3.94. The highest BCUT2D eigenvalue weighted by molar-refractivity contribution is 7.27. The summed E-state index contributed by atoms with van der Waals surface area (Å²) in [7, 11) is -4.32. The van der Waals surface area contributed by atoms with Crippen LogP contribution in [-0.2, 0) is 0 Å². The van der Waals surface area contributed by atoms with Crippen molar-refractivity contribution in [1.29, 1.82) is 0 Å². The molecule has 0 aromatic heterocycles. The van der Waals surface area contributed by atoms with Crippen molar-refractivity contribution in [2.45, 2.75) is 0 Å². The second kappa shape index (κ2) is 5.17. The standard InChI is InChI=1S/C6H6FP.BF4/c7-5-2-1-3-6(8)4-5;2-1(3,4)5/h1-4H,8H2;/q;-1/p+1. The summed E-state index contributed by atoms with van der Waals surface area (Å²) in [5.74, 6) is -0.155. The van der Waals surface area contributed by atoms with Crippen LogP contribution in [0.25, 0.3) is 0 Å². The van der Waals surface area contributed by atoms with Gasteiger partial charge in [-0.3, -0.25) is 0 Å². The van der Waals surface area contributed by atoms with Crippen LogP contribution in [0.3, 0.4) is 0 Å². The lowest BCUT2D eigenvalue weighted by atomic mass is 10.3. The lowest BCUT2D eigenvalue weighted by Gasteiger charge is -1.94. The van der Waals surface area contributed by atoms with Crippen LogP contribution in [0.4, 0.5) is 21.7 Å². The summed E-state index contributed by atoms with van der Waals surface area (Å²) in [4.78, 5) is 0. The molecule has 0 saturated carbocycles. The summed E-state index contributed by atoms with van der Waals surface area (Å²) in [6, 6.07) is 6.54. The van der Waals surface area contributed by atoms with E-state index in [1.165, 1.54) is 12.1 Å². The Kier molecular flexibility index (Phi) is 4.92. The third-order valence-electron chi connectivity index (χ3n) is 0.889. The summed E-state index contributed by atoms with van der Waals surface area (Å²) in [5, 5.41) is 0.991. The van der Waals surface area contributed by atoms with E-state index in [2.05, 4.69) is 0 Å². The average molecular weight is 216 g/mol. The van der Waals surface area contributed by atoms with Crippen LogP contribution < -0.4 is 5.30 Å². The molecule has 0 aliphatic rings. The topological polar surface area (TPSA) is 0 Å². The third-order valence-corrected chi connectivity index (χ3v) is 1.33. The molecule has 0 aliphatic heterocycles. The molecule has 7 heteroatoms. The normalized spacial score (nSPS) is 10.5. The number of benzene rings is 1. The maximum atomic E-state index is 12.2. The van der Waals surface area contributed by atoms with Crippen molar-refractivity contribution < 1.29 is 21.7 Å². The maximum absolute atomic E-state index is 12.2. The van der Waals surface area contributed by atoms with Crippen molar-refractivity contribution in [3.63, 3.8) is 0 Å². The van der Waals surface area contributed by atoms with Crippen LogP contribution >= 0.6 is 9.24 Å². The maximum Gasteiger partial charge on any atom is 0.673 e. The molecule has 0 saturated heterocycles. The molecule has 1 aromatic rings. The summed E-state index contributed by atoms with van der Waals surface area (Å²) in [5.41, 5.74) is 0. The molecular formula is C6H7BF5P.